The van der Waals surface area contributed by atoms with E-state index in [2.05, 4.69) is 24.7 Å². The van der Waals surface area contributed by atoms with Gasteiger partial charge < -0.3 is 9.42 Å². The molecule has 8 nitrogen and oxygen atoms in total. The Morgan fingerprint density at radius 1 is 1.32 bits per heavy atom. The molecule has 0 unspecified atom stereocenters. The lowest BCUT2D eigenvalue weighted by Gasteiger charge is -2.15. The molecule has 0 N–H and O–H groups in total. The molecular weight excluding hydrogens is 376 g/mol. The van der Waals surface area contributed by atoms with Gasteiger partial charge >= 0.3 is 0 Å². The largest absolute Gasteiger partial charge is 0.361 e. The molecule has 3 aromatic rings. The Labute approximate surface area is 167 Å². The highest BCUT2D eigenvalue weighted by atomic mass is 32.1. The normalized spacial score (nSPS) is 16.7. The number of aromatic nitrogens is 5. The van der Waals surface area contributed by atoms with E-state index < -0.39 is 0 Å². The van der Waals surface area contributed by atoms with Gasteiger partial charge in [0.2, 0.25) is 0 Å². The second-order valence-corrected chi connectivity index (χ2v) is 7.86. The van der Waals surface area contributed by atoms with Gasteiger partial charge in [0, 0.05) is 19.3 Å². The first kappa shape index (κ1) is 18.7. The van der Waals surface area contributed by atoms with Crippen LogP contribution in [0.5, 0.6) is 0 Å². The molecule has 0 radical (unpaired) electrons. The first-order chi connectivity index (χ1) is 13.6. The van der Waals surface area contributed by atoms with Gasteiger partial charge in [0.05, 0.1) is 34.5 Å². The monoisotopic (exact) mass is 398 g/mol. The third kappa shape index (κ3) is 3.54. The van der Waals surface area contributed by atoms with Crippen LogP contribution in [0, 0.1) is 19.8 Å². The third-order valence-electron chi connectivity index (χ3n) is 5.15. The molecular formula is C19H22N6O2S. The molecule has 1 fully saturated rings. The molecule has 1 saturated heterocycles. The zero-order chi connectivity index (χ0) is 19.7. The number of carbonyl (C=O) groups is 1. The van der Waals surface area contributed by atoms with Crippen LogP contribution in [0.15, 0.2) is 16.9 Å². The van der Waals surface area contributed by atoms with Gasteiger partial charge in [0.25, 0.3) is 5.91 Å². The van der Waals surface area contributed by atoms with Crippen molar-refractivity contribution in [3.8, 4) is 11.3 Å². The minimum Gasteiger partial charge on any atom is -0.361 e. The molecule has 28 heavy (non-hydrogen) atoms. The van der Waals surface area contributed by atoms with Crippen molar-refractivity contribution in [2.75, 3.05) is 13.1 Å². The molecule has 4 heterocycles. The van der Waals surface area contributed by atoms with Gasteiger partial charge in [0.15, 0.2) is 0 Å². The van der Waals surface area contributed by atoms with Crippen LogP contribution in [0.3, 0.4) is 0 Å². The zero-order valence-corrected chi connectivity index (χ0v) is 17.0. The van der Waals surface area contributed by atoms with E-state index in [4.69, 9.17) is 4.52 Å². The van der Waals surface area contributed by atoms with Gasteiger partial charge in [0.1, 0.15) is 10.6 Å². The topological polar surface area (TPSA) is 97.9 Å². The number of hydrogen-bond donors (Lipinski definition) is 0. The quantitative estimate of drug-likeness (QED) is 0.652. The molecule has 9 heteroatoms. The van der Waals surface area contributed by atoms with Gasteiger partial charge in [-0.2, -0.15) is 0 Å². The SMILES string of the molecule is CCc1nnsc1C(=O)N1CC[C@H](Cc2cnc(-c3c(C)noc3C)cn2)C1. The Morgan fingerprint density at radius 3 is 2.86 bits per heavy atom. The fourth-order valence-electron chi connectivity index (χ4n) is 3.66. The fraction of sp³-hybridized carbons (Fsp3) is 0.474. The van der Waals surface area contributed by atoms with Crippen LogP contribution in [-0.4, -0.2) is 48.6 Å². The number of likely N-dealkylation sites (tertiary alicyclic amines) is 1. The fourth-order valence-corrected chi connectivity index (χ4v) is 4.38. The molecule has 4 rings (SSSR count). The molecule has 1 amide bonds. The van der Waals surface area contributed by atoms with E-state index in [1.165, 1.54) is 11.5 Å². The second-order valence-electron chi connectivity index (χ2n) is 7.10. The van der Waals surface area contributed by atoms with Gasteiger partial charge in [-0.25, -0.2) is 0 Å². The first-order valence-corrected chi connectivity index (χ1v) is 10.2. The van der Waals surface area contributed by atoms with Crippen LogP contribution in [0.2, 0.25) is 0 Å². The van der Waals surface area contributed by atoms with E-state index in [-0.39, 0.29) is 5.91 Å². The Bertz CT molecular complexity index is 961. The smallest absolute Gasteiger partial charge is 0.267 e. The molecule has 0 saturated carbocycles. The van der Waals surface area contributed by atoms with Gasteiger partial charge in [-0.15, -0.1) is 5.10 Å². The van der Waals surface area contributed by atoms with Crippen LogP contribution in [0.4, 0.5) is 0 Å². The van der Waals surface area contributed by atoms with Gasteiger partial charge in [-0.1, -0.05) is 16.6 Å². The summed E-state index contributed by atoms with van der Waals surface area (Å²) in [5, 5.41) is 8.02. The van der Waals surface area contributed by atoms with Gasteiger partial charge in [-0.3, -0.25) is 14.8 Å². The highest BCUT2D eigenvalue weighted by Crippen LogP contribution is 2.26. The third-order valence-corrected chi connectivity index (χ3v) is 5.91. The summed E-state index contributed by atoms with van der Waals surface area (Å²) in [6.07, 6.45) is 6.08. The molecule has 1 aliphatic heterocycles. The molecule has 3 aromatic heterocycles. The Hall–Kier alpha value is -2.68. The number of rotatable bonds is 5. The molecule has 1 aliphatic rings. The van der Waals surface area contributed by atoms with Crippen LogP contribution < -0.4 is 0 Å². The van der Waals surface area contributed by atoms with Gasteiger partial charge in [-0.05, 0) is 50.6 Å². The van der Waals surface area contributed by atoms with Crippen molar-refractivity contribution >= 4 is 17.4 Å². The maximum absolute atomic E-state index is 12.7. The van der Waals surface area contributed by atoms with E-state index >= 15 is 0 Å². The minimum atomic E-state index is 0.0502. The molecule has 1 atom stereocenters. The van der Waals surface area contributed by atoms with Crippen LogP contribution in [-0.2, 0) is 12.8 Å². The summed E-state index contributed by atoms with van der Waals surface area (Å²) in [7, 11) is 0. The molecule has 0 bridgehead atoms. The van der Waals surface area contributed by atoms with E-state index in [1.54, 1.807) is 6.20 Å². The van der Waals surface area contributed by atoms with E-state index in [0.717, 1.165) is 66.5 Å². The molecule has 0 aromatic carbocycles. The maximum atomic E-state index is 12.7. The maximum Gasteiger partial charge on any atom is 0.267 e. The lowest BCUT2D eigenvalue weighted by atomic mass is 10.0. The number of amides is 1. The predicted octanol–water partition coefficient (Wildman–Crippen LogP) is 2.87. The Morgan fingerprint density at radius 2 is 2.18 bits per heavy atom. The van der Waals surface area contributed by atoms with Crippen molar-refractivity contribution in [2.24, 2.45) is 5.92 Å². The van der Waals surface area contributed by atoms with Crippen molar-refractivity contribution in [3.63, 3.8) is 0 Å². The summed E-state index contributed by atoms with van der Waals surface area (Å²) >= 11 is 1.19. The molecule has 0 aliphatic carbocycles. The summed E-state index contributed by atoms with van der Waals surface area (Å²) in [4.78, 5) is 24.4. The average molecular weight is 398 g/mol. The average Bonchev–Trinajstić information content (AvgIpc) is 3.43. The molecule has 0 spiro atoms. The minimum absolute atomic E-state index is 0.0502. The number of nitrogens with zero attached hydrogens (tertiary/aromatic N) is 6. The highest BCUT2D eigenvalue weighted by Gasteiger charge is 2.29. The lowest BCUT2D eigenvalue weighted by molar-refractivity contribution is 0.0790. The van der Waals surface area contributed by atoms with Crippen molar-refractivity contribution < 1.29 is 9.32 Å². The van der Waals surface area contributed by atoms with Crippen molar-refractivity contribution in [1.29, 1.82) is 0 Å². The van der Waals surface area contributed by atoms with E-state index in [9.17, 15) is 4.79 Å². The van der Waals surface area contributed by atoms with Crippen LogP contribution >= 0.6 is 11.5 Å². The van der Waals surface area contributed by atoms with Crippen molar-refractivity contribution in [3.05, 3.63) is 40.1 Å². The standard InChI is InChI=1S/C19H22N6O2S/c1-4-15-18(28-24-22-15)19(26)25-6-5-13(10-25)7-14-8-21-16(9-20-14)17-11(2)23-27-12(17)3/h8-9,13H,4-7,10H2,1-3H3/t13-/m1/s1. The Balaban J connectivity index is 1.40. The summed E-state index contributed by atoms with van der Waals surface area (Å²) in [5.74, 6) is 1.18. The molecule has 146 valence electrons. The summed E-state index contributed by atoms with van der Waals surface area (Å²) in [6.45, 7) is 7.25. The number of hydrogen-bond acceptors (Lipinski definition) is 8. The van der Waals surface area contributed by atoms with Crippen LogP contribution in [0.25, 0.3) is 11.3 Å². The Kier molecular flexibility index (Phi) is 5.17. The van der Waals surface area contributed by atoms with E-state index in [1.807, 2.05) is 31.9 Å². The highest BCUT2D eigenvalue weighted by molar-refractivity contribution is 7.08. The van der Waals surface area contributed by atoms with E-state index in [0.29, 0.717) is 10.8 Å². The van der Waals surface area contributed by atoms with Crippen LogP contribution in [0.1, 0.15) is 45.9 Å². The zero-order valence-electron chi connectivity index (χ0n) is 16.2. The number of aryl methyl sites for hydroxylation is 3. The lowest BCUT2D eigenvalue weighted by Crippen LogP contribution is -2.29. The predicted molar refractivity (Wildman–Crippen MR) is 104 cm³/mol. The summed E-state index contributed by atoms with van der Waals surface area (Å²) in [5.41, 5.74) is 4.21. The van der Waals surface area contributed by atoms with Crippen molar-refractivity contribution in [1.82, 2.24) is 29.6 Å². The second kappa shape index (κ2) is 7.75. The summed E-state index contributed by atoms with van der Waals surface area (Å²) < 4.78 is 9.13. The summed E-state index contributed by atoms with van der Waals surface area (Å²) in [6, 6.07) is 0. The first-order valence-electron chi connectivity index (χ1n) is 9.41. The number of carbonyl (C=O) groups excluding carboxylic acids is 1. The van der Waals surface area contributed by atoms with Crippen molar-refractivity contribution in [2.45, 2.75) is 40.0 Å².